The van der Waals surface area contributed by atoms with Crippen molar-refractivity contribution < 1.29 is 23.7 Å². The summed E-state index contributed by atoms with van der Waals surface area (Å²) in [7, 11) is 1.39. The molecule has 3 aromatic carbocycles. The van der Waals surface area contributed by atoms with Crippen LogP contribution in [-0.2, 0) is 46.8 Å². The Balaban J connectivity index is 1.25. The Morgan fingerprint density at radius 2 is 1.91 bits per heavy atom. The smallest absolute Gasteiger partial charge is 0.337 e. The third-order valence-electron chi connectivity index (χ3n) is 8.47. The minimum atomic E-state index is -0.378. The van der Waals surface area contributed by atoms with E-state index in [1.807, 2.05) is 48.5 Å². The minimum absolute atomic E-state index is 0.110. The molecule has 7 rings (SSSR count). The third-order valence-corrected chi connectivity index (χ3v) is 8.47. The van der Waals surface area contributed by atoms with Gasteiger partial charge in [-0.25, -0.2) is 19.6 Å². The molecule has 1 atom stereocenters. The van der Waals surface area contributed by atoms with Crippen LogP contribution >= 0.6 is 0 Å². The Hall–Kier alpha value is -5.04. The van der Waals surface area contributed by atoms with E-state index in [2.05, 4.69) is 27.6 Å². The number of carbonyl (C=O) groups is 1. The Morgan fingerprint density at radius 1 is 1.00 bits per heavy atom. The first-order valence-corrected chi connectivity index (χ1v) is 15.1. The Labute approximate surface area is 261 Å². The fraction of sp³-hybridized carbons (Fsp3) is 0.278. The van der Waals surface area contributed by atoms with E-state index < -0.39 is 0 Å². The average molecular weight is 601 g/mol. The minimum Gasteiger partial charge on any atom is -0.473 e. The van der Waals surface area contributed by atoms with Crippen LogP contribution < -0.4 is 4.74 Å². The third kappa shape index (κ3) is 6.03. The monoisotopic (exact) mass is 600 g/mol. The standard InChI is InChI=1S/C36H32N4O5/c1-37-29-10-8-27-22-45-35-5-3-4-31(39-35)25-7-6-23(28(16-25)21-43-14-12-24(27)17-29)19-34-38-32-11-9-26(36(41)42-2)18-33(32)40(34)20-30-13-15-44-30/h3-11,16-18,30H,12-15,19-22H2,2H3/t30-/m0/s1. The van der Waals surface area contributed by atoms with E-state index in [9.17, 15) is 4.79 Å². The molecule has 9 heteroatoms. The maximum absolute atomic E-state index is 12.3. The number of aromatic nitrogens is 3. The summed E-state index contributed by atoms with van der Waals surface area (Å²) in [5.41, 5.74) is 8.75. The van der Waals surface area contributed by atoms with Gasteiger partial charge in [0.2, 0.25) is 5.88 Å². The van der Waals surface area contributed by atoms with Gasteiger partial charge in [0, 0.05) is 24.7 Å². The highest BCUT2D eigenvalue weighted by Gasteiger charge is 2.23. The Bertz CT molecular complexity index is 1940. The van der Waals surface area contributed by atoms with E-state index in [1.54, 1.807) is 6.07 Å². The van der Waals surface area contributed by atoms with Gasteiger partial charge >= 0.3 is 5.97 Å². The summed E-state index contributed by atoms with van der Waals surface area (Å²) in [4.78, 5) is 25.7. The number of hydrogen-bond acceptors (Lipinski definition) is 7. The molecular weight excluding hydrogens is 568 g/mol. The van der Waals surface area contributed by atoms with Crippen molar-refractivity contribution in [2.75, 3.05) is 20.3 Å². The number of esters is 1. The summed E-state index contributed by atoms with van der Waals surface area (Å²) in [5.74, 6) is 1.06. The van der Waals surface area contributed by atoms with E-state index in [-0.39, 0.29) is 12.1 Å². The zero-order valence-corrected chi connectivity index (χ0v) is 25.0. The summed E-state index contributed by atoms with van der Waals surface area (Å²) < 4.78 is 25.3. The van der Waals surface area contributed by atoms with Crippen molar-refractivity contribution in [1.82, 2.24) is 14.5 Å². The molecule has 2 aromatic heterocycles. The predicted molar refractivity (Wildman–Crippen MR) is 168 cm³/mol. The number of carbonyl (C=O) groups excluding carboxylic acids is 1. The number of ether oxygens (including phenoxy) is 4. The summed E-state index contributed by atoms with van der Waals surface area (Å²) in [6, 6.07) is 23.3. The van der Waals surface area contributed by atoms with Crippen molar-refractivity contribution in [2.45, 2.75) is 45.1 Å². The number of rotatable bonds is 5. The molecule has 5 aromatic rings. The number of methoxy groups -OCH3 is 1. The van der Waals surface area contributed by atoms with Gasteiger partial charge in [0.1, 0.15) is 12.4 Å². The van der Waals surface area contributed by atoms with Crippen LogP contribution in [0.15, 0.2) is 72.8 Å². The molecule has 0 radical (unpaired) electrons. The van der Waals surface area contributed by atoms with Crippen LogP contribution in [0.3, 0.4) is 0 Å². The normalized spacial score (nSPS) is 16.0. The fourth-order valence-corrected chi connectivity index (χ4v) is 5.88. The molecule has 0 N–H and O–H groups in total. The van der Waals surface area contributed by atoms with Crippen LogP contribution in [0.25, 0.3) is 27.1 Å². The van der Waals surface area contributed by atoms with Gasteiger partial charge in [-0.2, -0.15) is 0 Å². The molecule has 4 bridgehead atoms. The number of nitrogens with zero attached hydrogens (tertiary/aromatic N) is 4. The van der Waals surface area contributed by atoms with Crippen molar-refractivity contribution in [3.05, 3.63) is 118 Å². The van der Waals surface area contributed by atoms with Crippen LogP contribution in [0.2, 0.25) is 0 Å². The number of hydrogen-bond donors (Lipinski definition) is 0. The molecule has 0 aliphatic carbocycles. The first kappa shape index (κ1) is 28.7. The highest BCUT2D eigenvalue weighted by molar-refractivity contribution is 5.93. The van der Waals surface area contributed by atoms with Crippen LogP contribution in [-0.4, -0.2) is 46.9 Å². The molecule has 0 saturated carbocycles. The van der Waals surface area contributed by atoms with Gasteiger partial charge in [0.05, 0.1) is 61.8 Å². The zero-order chi connectivity index (χ0) is 30.8. The molecule has 2 aliphatic rings. The first-order valence-electron chi connectivity index (χ1n) is 15.1. The van der Waals surface area contributed by atoms with Gasteiger partial charge in [-0.15, -0.1) is 0 Å². The lowest BCUT2D eigenvalue weighted by Crippen LogP contribution is -2.31. The average Bonchev–Trinajstić information content (AvgIpc) is 3.39. The lowest BCUT2D eigenvalue weighted by molar-refractivity contribution is -0.0589. The van der Waals surface area contributed by atoms with E-state index in [0.29, 0.717) is 56.3 Å². The molecule has 0 amide bonds. The van der Waals surface area contributed by atoms with Crippen molar-refractivity contribution >= 4 is 22.7 Å². The summed E-state index contributed by atoms with van der Waals surface area (Å²) in [6.07, 6.45) is 2.32. The summed E-state index contributed by atoms with van der Waals surface area (Å²) in [5, 5.41) is 0. The number of benzene rings is 3. The lowest BCUT2D eigenvalue weighted by atomic mass is 9.99. The SMILES string of the molecule is [C-]#[N+]c1ccc2c(c1)CCOCc1cc(ccc1Cc1nc3ccc(C(=O)OC)cc3n1C[C@@H]1CCO1)-c1cccc(n1)OC2. The zero-order valence-electron chi connectivity index (χ0n) is 25.0. The van der Waals surface area contributed by atoms with Crippen LogP contribution in [0.1, 0.15) is 44.9 Å². The van der Waals surface area contributed by atoms with Crippen molar-refractivity contribution in [2.24, 2.45) is 0 Å². The van der Waals surface area contributed by atoms with Crippen molar-refractivity contribution in [1.29, 1.82) is 0 Å². The van der Waals surface area contributed by atoms with Crippen LogP contribution in [0.4, 0.5) is 5.69 Å². The van der Waals surface area contributed by atoms with Crippen LogP contribution in [0, 0.1) is 6.57 Å². The molecule has 1 fully saturated rings. The fourth-order valence-electron chi connectivity index (χ4n) is 5.88. The second kappa shape index (κ2) is 12.5. The van der Waals surface area contributed by atoms with E-state index >= 15 is 0 Å². The van der Waals surface area contributed by atoms with Crippen molar-refractivity contribution in [3.8, 4) is 17.1 Å². The molecule has 4 heterocycles. The van der Waals surface area contributed by atoms with Gasteiger partial charge in [-0.1, -0.05) is 36.4 Å². The molecule has 45 heavy (non-hydrogen) atoms. The molecule has 2 aliphatic heterocycles. The Kier molecular flexibility index (Phi) is 7.99. The highest BCUT2D eigenvalue weighted by Crippen LogP contribution is 2.29. The van der Waals surface area contributed by atoms with E-state index in [4.69, 9.17) is 35.5 Å². The summed E-state index contributed by atoms with van der Waals surface area (Å²) >= 11 is 0. The number of fused-ring (bicyclic) bond motifs is 7. The first-order chi connectivity index (χ1) is 22.1. The maximum atomic E-state index is 12.3. The van der Waals surface area contributed by atoms with Gasteiger partial charge in [-0.3, -0.25) is 0 Å². The topological polar surface area (TPSA) is 89.1 Å². The van der Waals surface area contributed by atoms with Gasteiger partial charge in [-0.05, 0) is 65.4 Å². The number of imidazole rings is 1. The van der Waals surface area contributed by atoms with Gasteiger partial charge < -0.3 is 23.5 Å². The maximum Gasteiger partial charge on any atom is 0.337 e. The molecule has 9 nitrogen and oxygen atoms in total. The van der Waals surface area contributed by atoms with Crippen molar-refractivity contribution in [3.63, 3.8) is 0 Å². The summed E-state index contributed by atoms with van der Waals surface area (Å²) in [6.45, 7) is 10.1. The molecular formula is C36H32N4O5. The molecule has 0 unspecified atom stereocenters. The number of pyridine rings is 1. The highest BCUT2D eigenvalue weighted by atomic mass is 16.5. The quantitative estimate of drug-likeness (QED) is 0.169. The molecule has 0 spiro atoms. The van der Waals surface area contributed by atoms with Gasteiger partial charge in [0.25, 0.3) is 0 Å². The predicted octanol–water partition coefficient (Wildman–Crippen LogP) is 6.47. The second-order valence-corrected chi connectivity index (χ2v) is 11.3. The molecule has 1 saturated heterocycles. The lowest BCUT2D eigenvalue weighted by Gasteiger charge is -2.27. The van der Waals surface area contributed by atoms with E-state index in [0.717, 1.165) is 63.4 Å². The van der Waals surface area contributed by atoms with Gasteiger partial charge in [0.15, 0.2) is 5.69 Å². The molecule has 226 valence electrons. The van der Waals surface area contributed by atoms with E-state index in [1.165, 1.54) is 7.11 Å². The Morgan fingerprint density at radius 3 is 2.73 bits per heavy atom. The second-order valence-electron chi connectivity index (χ2n) is 11.3. The van der Waals surface area contributed by atoms with Crippen LogP contribution in [0.5, 0.6) is 5.88 Å². The largest absolute Gasteiger partial charge is 0.473 e.